The summed E-state index contributed by atoms with van der Waals surface area (Å²) >= 11 is 0. The average molecular weight is 541 g/mol. The van der Waals surface area contributed by atoms with Crippen LogP contribution in [0.15, 0.2) is 127 Å². The van der Waals surface area contributed by atoms with E-state index in [1.54, 1.807) is 0 Å². The highest BCUT2D eigenvalue weighted by Crippen LogP contribution is 2.48. The van der Waals surface area contributed by atoms with E-state index >= 15 is 0 Å². The van der Waals surface area contributed by atoms with Crippen LogP contribution in [0.25, 0.3) is 66.8 Å². The highest BCUT2D eigenvalue weighted by Gasteiger charge is 2.24. The third kappa shape index (κ3) is 4.03. The molecule has 0 N–H and O–H groups in total. The van der Waals surface area contributed by atoms with E-state index in [0.717, 1.165) is 85.6 Å². The van der Waals surface area contributed by atoms with Crippen molar-refractivity contribution >= 4 is 18.9 Å². The first-order chi connectivity index (χ1) is 20.7. The van der Waals surface area contributed by atoms with Crippen molar-refractivity contribution in [1.29, 1.82) is 0 Å². The van der Waals surface area contributed by atoms with Gasteiger partial charge in [-0.3, -0.25) is 14.4 Å². The van der Waals surface area contributed by atoms with Crippen molar-refractivity contribution in [1.82, 2.24) is 0 Å². The van der Waals surface area contributed by atoms with Crippen molar-refractivity contribution < 1.29 is 14.4 Å². The molecule has 7 rings (SSSR count). The second kappa shape index (κ2) is 10.4. The Hall–Kier alpha value is -5.67. The molecule has 42 heavy (non-hydrogen) atoms. The maximum Gasteiger partial charge on any atom is 0.150 e. The smallest absolute Gasteiger partial charge is 0.150 e. The molecule has 6 aliphatic rings. The summed E-state index contributed by atoms with van der Waals surface area (Å²) in [4.78, 5) is 36.4. The van der Waals surface area contributed by atoms with Crippen LogP contribution in [0.2, 0.25) is 0 Å². The first kappa shape index (κ1) is 25.3. The van der Waals surface area contributed by atoms with Gasteiger partial charge in [0, 0.05) is 16.7 Å². The van der Waals surface area contributed by atoms with E-state index in [1.807, 2.05) is 109 Å². The Labute approximate surface area is 243 Å². The quantitative estimate of drug-likeness (QED) is 0.197. The van der Waals surface area contributed by atoms with Crippen molar-refractivity contribution in [2.75, 3.05) is 0 Å². The van der Waals surface area contributed by atoms with Crippen LogP contribution in [0.3, 0.4) is 0 Å². The van der Waals surface area contributed by atoms with E-state index < -0.39 is 0 Å². The van der Waals surface area contributed by atoms with Gasteiger partial charge in [0.25, 0.3) is 0 Å². The highest BCUT2D eigenvalue weighted by molar-refractivity contribution is 6.07. The molecule has 0 atom stereocenters. The van der Waals surface area contributed by atoms with Crippen LogP contribution < -0.4 is 0 Å². The lowest BCUT2D eigenvalue weighted by atomic mass is 9.89. The van der Waals surface area contributed by atoms with Gasteiger partial charge in [0.15, 0.2) is 18.9 Å². The summed E-state index contributed by atoms with van der Waals surface area (Å²) < 4.78 is 0. The zero-order valence-electron chi connectivity index (χ0n) is 22.6. The lowest BCUT2D eigenvalue weighted by Gasteiger charge is -2.14. The molecule has 0 bridgehead atoms. The molecule has 0 aliphatic heterocycles. The molecule has 0 amide bonds. The van der Waals surface area contributed by atoms with Gasteiger partial charge in [-0.05, 0) is 91.0 Å². The molecule has 0 saturated carbocycles. The maximum atomic E-state index is 12.2. The van der Waals surface area contributed by atoms with Crippen LogP contribution in [0.4, 0.5) is 0 Å². The third-order valence-corrected chi connectivity index (χ3v) is 8.11. The van der Waals surface area contributed by atoms with E-state index in [1.165, 1.54) is 0 Å². The minimum atomic E-state index is 0.619. The van der Waals surface area contributed by atoms with Crippen molar-refractivity contribution in [3.05, 3.63) is 144 Å². The van der Waals surface area contributed by atoms with Gasteiger partial charge in [-0.1, -0.05) is 103 Å². The van der Waals surface area contributed by atoms with Gasteiger partial charge in [-0.2, -0.15) is 0 Å². The number of carbonyl (C=O) groups excluding carboxylic acids is 3. The molecule has 6 aliphatic carbocycles. The van der Waals surface area contributed by atoms with Gasteiger partial charge in [-0.25, -0.2) is 0 Å². The minimum absolute atomic E-state index is 0.619. The Balaban J connectivity index is 1.55. The van der Waals surface area contributed by atoms with E-state index in [4.69, 9.17) is 0 Å². The van der Waals surface area contributed by atoms with Gasteiger partial charge in [0.05, 0.1) is 0 Å². The number of fused-ring (bicyclic) bond motifs is 3. The van der Waals surface area contributed by atoms with Crippen molar-refractivity contribution in [2.24, 2.45) is 0 Å². The van der Waals surface area contributed by atoms with Crippen molar-refractivity contribution in [3.63, 3.8) is 0 Å². The van der Waals surface area contributed by atoms with Gasteiger partial charge in [0.2, 0.25) is 0 Å². The number of aldehydes is 3. The molecule has 0 unspecified atom stereocenters. The molecular weight excluding hydrogens is 516 g/mol. The molecule has 0 aromatic heterocycles. The monoisotopic (exact) mass is 540 g/mol. The number of hydrogen-bond donors (Lipinski definition) is 0. The molecule has 1 aromatic carbocycles. The minimum Gasteiger partial charge on any atom is -0.298 e. The summed E-state index contributed by atoms with van der Waals surface area (Å²) in [5.74, 6) is 0. The van der Waals surface area contributed by atoms with E-state index in [2.05, 4.69) is 18.2 Å². The van der Waals surface area contributed by atoms with E-state index in [9.17, 15) is 14.4 Å². The Morgan fingerprint density at radius 3 is 1.07 bits per heavy atom. The normalized spacial score (nSPS) is 11.1. The molecule has 3 nitrogen and oxygen atoms in total. The van der Waals surface area contributed by atoms with Crippen LogP contribution in [0.1, 0.15) is 31.1 Å². The largest absolute Gasteiger partial charge is 0.298 e. The summed E-state index contributed by atoms with van der Waals surface area (Å²) in [6.07, 6.45) is 2.71. The first-order valence-corrected chi connectivity index (χ1v) is 13.8. The molecule has 0 radical (unpaired) electrons. The van der Waals surface area contributed by atoms with Crippen molar-refractivity contribution in [3.8, 4) is 66.8 Å². The second-order valence-corrected chi connectivity index (χ2v) is 10.4. The Morgan fingerprint density at radius 1 is 0.286 bits per heavy atom. The highest BCUT2D eigenvalue weighted by atomic mass is 16.1. The van der Waals surface area contributed by atoms with Gasteiger partial charge in [-0.15, -0.1) is 0 Å². The fourth-order valence-electron chi connectivity index (χ4n) is 6.18. The molecule has 0 spiro atoms. The number of rotatable bonds is 6. The lowest BCUT2D eigenvalue weighted by molar-refractivity contribution is 0.111. The fourth-order valence-corrected chi connectivity index (χ4v) is 6.18. The summed E-state index contributed by atoms with van der Waals surface area (Å²) in [6, 6.07) is 41.8. The average Bonchev–Trinajstić information content (AvgIpc) is 3.38. The van der Waals surface area contributed by atoms with Crippen LogP contribution in [0.5, 0.6) is 0 Å². The third-order valence-electron chi connectivity index (χ3n) is 8.11. The first-order valence-electron chi connectivity index (χ1n) is 13.8. The zero-order chi connectivity index (χ0) is 28.6. The molecule has 3 heteroatoms. The zero-order valence-corrected chi connectivity index (χ0v) is 22.6. The van der Waals surface area contributed by atoms with Crippen LogP contribution >= 0.6 is 0 Å². The fraction of sp³-hybridized carbons (Fsp3) is 0. The Morgan fingerprint density at radius 2 is 0.619 bits per heavy atom. The standard InChI is InChI=1S/C39H24O3/c40-22-26-19-36(32-13-7-1-4-10-29(26)32)25-16-17-35(37-20-27(23-41)30-11-5-2-8-14-33(30)37)38(18-25)39-21-28(24-42)31-12-6-3-9-15-34(31)39/h1-24H. The molecule has 0 saturated heterocycles. The lowest BCUT2D eigenvalue weighted by Crippen LogP contribution is -1.88. The molecule has 1 aromatic rings. The predicted octanol–water partition coefficient (Wildman–Crippen LogP) is 9.44. The van der Waals surface area contributed by atoms with Gasteiger partial charge >= 0.3 is 0 Å². The Kier molecular flexibility index (Phi) is 6.26. The van der Waals surface area contributed by atoms with E-state index in [-0.39, 0.29) is 0 Å². The number of hydrogen-bond acceptors (Lipinski definition) is 3. The Bertz CT molecular complexity index is 2050. The number of carbonyl (C=O) groups is 3. The molecular formula is C39H24O3. The molecule has 0 fully saturated rings. The van der Waals surface area contributed by atoms with E-state index in [0.29, 0.717) is 16.7 Å². The topological polar surface area (TPSA) is 51.2 Å². The summed E-state index contributed by atoms with van der Waals surface area (Å²) in [6.45, 7) is 0. The summed E-state index contributed by atoms with van der Waals surface area (Å²) in [5, 5.41) is 0. The maximum absolute atomic E-state index is 12.2. The second-order valence-electron chi connectivity index (χ2n) is 10.4. The SMILES string of the molecule is O=Cc1cc(-c2ccc(-c3cc(C=O)c4cccccc3-4)c(-c3cc(C=O)c4cccccc3-4)c2)c2cccccc1-2. The number of benzene rings is 1. The molecule has 198 valence electrons. The predicted molar refractivity (Wildman–Crippen MR) is 169 cm³/mol. The van der Waals surface area contributed by atoms with Crippen LogP contribution in [-0.4, -0.2) is 18.9 Å². The summed E-state index contributed by atoms with van der Waals surface area (Å²) in [5.41, 5.74) is 13.2. The summed E-state index contributed by atoms with van der Waals surface area (Å²) in [7, 11) is 0. The van der Waals surface area contributed by atoms with Crippen LogP contribution in [0, 0.1) is 0 Å². The van der Waals surface area contributed by atoms with Crippen molar-refractivity contribution in [2.45, 2.75) is 0 Å². The van der Waals surface area contributed by atoms with Crippen LogP contribution in [-0.2, 0) is 0 Å². The molecule has 0 heterocycles. The van der Waals surface area contributed by atoms with Gasteiger partial charge < -0.3 is 0 Å². The van der Waals surface area contributed by atoms with Gasteiger partial charge in [0.1, 0.15) is 0 Å².